The van der Waals surface area contributed by atoms with Crippen LogP contribution >= 0.6 is 61.1 Å². The summed E-state index contributed by atoms with van der Waals surface area (Å²) in [5.74, 6) is 1.32. The van der Waals surface area contributed by atoms with E-state index in [9.17, 15) is 4.79 Å². The van der Waals surface area contributed by atoms with Gasteiger partial charge in [0.2, 0.25) is 0 Å². The van der Waals surface area contributed by atoms with Gasteiger partial charge in [-0.05, 0) is 118 Å². The van der Waals surface area contributed by atoms with Crippen LogP contribution in [0.15, 0.2) is 64.2 Å². The minimum Gasteiger partial charge on any atom is -0.490 e. The number of hydrazone groups is 1. The SMILES string of the molecule is CCOc1cc(/C=N/NC(=O)Nc2ccc(Br)c(C)c2)cc(I)c1OCc1ccc(I)cc1. The second-order valence-electron chi connectivity index (χ2n) is 6.97. The van der Waals surface area contributed by atoms with Gasteiger partial charge in [0.1, 0.15) is 6.61 Å². The summed E-state index contributed by atoms with van der Waals surface area (Å²) in [5, 5.41) is 6.81. The Kier molecular flexibility index (Phi) is 9.80. The molecule has 3 aromatic rings. The molecule has 0 bridgehead atoms. The van der Waals surface area contributed by atoms with E-state index >= 15 is 0 Å². The van der Waals surface area contributed by atoms with Gasteiger partial charge in [0.15, 0.2) is 11.5 Å². The zero-order valence-corrected chi connectivity index (χ0v) is 23.9. The first-order chi connectivity index (χ1) is 15.9. The number of urea groups is 1. The molecular formula is C24H22BrI2N3O3. The van der Waals surface area contributed by atoms with Crippen molar-refractivity contribution < 1.29 is 14.3 Å². The molecule has 2 amide bonds. The third-order valence-corrected chi connectivity index (χ3v) is 6.83. The Morgan fingerprint density at radius 2 is 1.85 bits per heavy atom. The predicted molar refractivity (Wildman–Crippen MR) is 152 cm³/mol. The number of aryl methyl sites for hydroxylation is 1. The van der Waals surface area contributed by atoms with Gasteiger partial charge in [-0.25, -0.2) is 10.2 Å². The van der Waals surface area contributed by atoms with Gasteiger partial charge in [-0.2, -0.15) is 5.10 Å². The lowest BCUT2D eigenvalue weighted by atomic mass is 10.2. The van der Waals surface area contributed by atoms with E-state index in [1.165, 1.54) is 3.57 Å². The van der Waals surface area contributed by atoms with E-state index in [0.717, 1.165) is 24.7 Å². The highest BCUT2D eigenvalue weighted by Crippen LogP contribution is 2.34. The van der Waals surface area contributed by atoms with Crippen LogP contribution in [-0.4, -0.2) is 18.9 Å². The van der Waals surface area contributed by atoms with Crippen molar-refractivity contribution in [3.05, 3.63) is 82.9 Å². The summed E-state index contributed by atoms with van der Waals surface area (Å²) in [5.41, 5.74) is 6.06. The van der Waals surface area contributed by atoms with Crippen LogP contribution in [0.25, 0.3) is 0 Å². The lowest BCUT2D eigenvalue weighted by Crippen LogP contribution is -2.24. The molecule has 3 aromatic carbocycles. The fraction of sp³-hybridized carbons (Fsp3) is 0.167. The smallest absolute Gasteiger partial charge is 0.339 e. The van der Waals surface area contributed by atoms with Crippen LogP contribution in [-0.2, 0) is 6.61 Å². The third-order valence-electron chi connectivity index (χ3n) is 4.42. The Balaban J connectivity index is 1.65. The minimum atomic E-state index is -0.426. The minimum absolute atomic E-state index is 0.426. The second-order valence-corrected chi connectivity index (χ2v) is 10.2. The van der Waals surface area contributed by atoms with Gasteiger partial charge in [0.05, 0.1) is 16.4 Å². The number of hydrogen-bond donors (Lipinski definition) is 2. The zero-order chi connectivity index (χ0) is 23.8. The molecule has 0 spiro atoms. The summed E-state index contributed by atoms with van der Waals surface area (Å²) < 4.78 is 14.9. The Morgan fingerprint density at radius 3 is 2.55 bits per heavy atom. The average molecular weight is 734 g/mol. The standard InChI is InChI=1S/C24H22BrI2N3O3/c1-3-32-22-12-17(11-21(27)23(22)33-14-16-4-6-18(26)7-5-16)13-28-30-24(31)29-19-8-9-20(25)15(2)10-19/h4-13H,3,14H2,1-2H3,(H2,29,30,31)/b28-13+. The Morgan fingerprint density at radius 1 is 1.09 bits per heavy atom. The lowest BCUT2D eigenvalue weighted by molar-refractivity contribution is 0.252. The van der Waals surface area contributed by atoms with Gasteiger partial charge in [-0.15, -0.1) is 0 Å². The van der Waals surface area contributed by atoms with E-state index in [4.69, 9.17) is 9.47 Å². The summed E-state index contributed by atoms with van der Waals surface area (Å²) >= 11 is 7.93. The number of amides is 2. The van der Waals surface area contributed by atoms with Crippen LogP contribution in [0.5, 0.6) is 11.5 Å². The second kappa shape index (κ2) is 12.6. The van der Waals surface area contributed by atoms with Gasteiger partial charge < -0.3 is 14.8 Å². The summed E-state index contributed by atoms with van der Waals surface area (Å²) in [4.78, 5) is 12.1. The fourth-order valence-electron chi connectivity index (χ4n) is 2.85. The fourth-order valence-corrected chi connectivity index (χ4v) is 4.24. The number of nitrogens with one attached hydrogen (secondary N) is 2. The molecule has 0 unspecified atom stereocenters. The van der Waals surface area contributed by atoms with E-state index in [1.54, 1.807) is 6.21 Å². The van der Waals surface area contributed by atoms with Crippen molar-refractivity contribution in [3.8, 4) is 11.5 Å². The molecule has 0 fully saturated rings. The molecule has 3 rings (SSSR count). The highest BCUT2D eigenvalue weighted by molar-refractivity contribution is 14.1. The van der Waals surface area contributed by atoms with Crippen molar-refractivity contribution in [2.24, 2.45) is 5.10 Å². The molecule has 0 heterocycles. The Labute approximate surface area is 228 Å². The molecule has 0 radical (unpaired) electrons. The maximum absolute atomic E-state index is 12.1. The van der Waals surface area contributed by atoms with Gasteiger partial charge in [0.25, 0.3) is 0 Å². The molecule has 0 saturated carbocycles. The maximum Gasteiger partial charge on any atom is 0.339 e. The number of benzene rings is 3. The Hall–Kier alpha value is -1.86. The number of rotatable bonds is 8. The molecular weight excluding hydrogens is 712 g/mol. The van der Waals surface area contributed by atoms with Crippen molar-refractivity contribution in [2.75, 3.05) is 11.9 Å². The van der Waals surface area contributed by atoms with E-state index in [1.807, 2.05) is 68.4 Å². The highest BCUT2D eigenvalue weighted by Gasteiger charge is 2.12. The summed E-state index contributed by atoms with van der Waals surface area (Å²) in [6, 6.07) is 17.1. The number of anilines is 1. The summed E-state index contributed by atoms with van der Waals surface area (Å²) in [6.45, 7) is 4.82. The topological polar surface area (TPSA) is 72.0 Å². The first-order valence-electron chi connectivity index (χ1n) is 10.1. The zero-order valence-electron chi connectivity index (χ0n) is 18.0. The maximum atomic E-state index is 12.1. The molecule has 0 aliphatic carbocycles. The van der Waals surface area contributed by atoms with Crippen LogP contribution in [0.3, 0.4) is 0 Å². The predicted octanol–water partition coefficient (Wildman–Crippen LogP) is 7.10. The van der Waals surface area contributed by atoms with Crippen molar-refractivity contribution in [2.45, 2.75) is 20.5 Å². The van der Waals surface area contributed by atoms with Crippen LogP contribution in [0.1, 0.15) is 23.6 Å². The highest BCUT2D eigenvalue weighted by atomic mass is 127. The van der Waals surface area contributed by atoms with Crippen molar-refractivity contribution in [1.29, 1.82) is 0 Å². The van der Waals surface area contributed by atoms with E-state index in [-0.39, 0.29) is 0 Å². The molecule has 0 aliphatic heterocycles. The van der Waals surface area contributed by atoms with Gasteiger partial charge in [0, 0.05) is 13.7 Å². The third kappa shape index (κ3) is 7.85. The molecule has 2 N–H and O–H groups in total. The number of ether oxygens (including phenoxy) is 2. The molecule has 0 atom stereocenters. The van der Waals surface area contributed by atoms with E-state index < -0.39 is 6.03 Å². The first kappa shape index (κ1) is 25.8. The molecule has 6 nitrogen and oxygen atoms in total. The lowest BCUT2D eigenvalue weighted by Gasteiger charge is -2.15. The quantitative estimate of drug-likeness (QED) is 0.148. The van der Waals surface area contributed by atoms with E-state index in [2.05, 4.69) is 77.0 Å². The molecule has 9 heteroatoms. The largest absolute Gasteiger partial charge is 0.490 e. The molecule has 33 heavy (non-hydrogen) atoms. The van der Waals surface area contributed by atoms with Crippen LogP contribution in [0.4, 0.5) is 10.5 Å². The average Bonchev–Trinajstić information content (AvgIpc) is 2.77. The van der Waals surface area contributed by atoms with Crippen molar-refractivity contribution in [1.82, 2.24) is 5.43 Å². The van der Waals surface area contributed by atoms with Crippen molar-refractivity contribution in [3.63, 3.8) is 0 Å². The molecule has 0 aliphatic rings. The number of nitrogens with zero attached hydrogens (tertiary/aromatic N) is 1. The molecule has 0 saturated heterocycles. The number of carbonyl (C=O) groups is 1. The summed E-state index contributed by atoms with van der Waals surface area (Å²) in [7, 11) is 0. The van der Waals surface area contributed by atoms with Gasteiger partial charge in [-0.3, -0.25) is 0 Å². The Bertz CT molecular complexity index is 1150. The molecule has 172 valence electrons. The molecule has 0 aromatic heterocycles. The number of carbonyl (C=O) groups excluding carboxylic acids is 1. The number of halogens is 3. The van der Waals surface area contributed by atoms with Gasteiger partial charge >= 0.3 is 6.03 Å². The van der Waals surface area contributed by atoms with Crippen molar-refractivity contribution >= 4 is 79.0 Å². The number of hydrogen-bond acceptors (Lipinski definition) is 4. The normalized spacial score (nSPS) is 10.8. The van der Waals surface area contributed by atoms with Crippen LogP contribution in [0, 0.1) is 14.1 Å². The first-order valence-corrected chi connectivity index (χ1v) is 13.0. The van der Waals surface area contributed by atoms with Crippen LogP contribution < -0.4 is 20.2 Å². The van der Waals surface area contributed by atoms with Crippen LogP contribution in [0.2, 0.25) is 0 Å². The van der Waals surface area contributed by atoms with Gasteiger partial charge in [-0.1, -0.05) is 28.1 Å². The van der Waals surface area contributed by atoms with E-state index in [0.29, 0.717) is 30.4 Å². The summed E-state index contributed by atoms with van der Waals surface area (Å²) in [6.07, 6.45) is 1.57. The monoisotopic (exact) mass is 733 g/mol.